The van der Waals surface area contributed by atoms with Crippen LogP contribution in [0.2, 0.25) is 0 Å². The summed E-state index contributed by atoms with van der Waals surface area (Å²) in [5, 5.41) is 14.5. The molecule has 0 spiro atoms. The fraction of sp³-hybridized carbons (Fsp3) is 0.0833. The molecule has 30 heavy (non-hydrogen) atoms. The van der Waals surface area contributed by atoms with Gasteiger partial charge in [-0.1, -0.05) is 0 Å². The van der Waals surface area contributed by atoms with Crippen LogP contribution in [-0.4, -0.2) is 19.4 Å². The van der Waals surface area contributed by atoms with Gasteiger partial charge in [-0.15, -0.1) is 0 Å². The van der Waals surface area contributed by atoms with Crippen molar-refractivity contribution in [2.75, 3.05) is 0 Å². The third-order valence-electron chi connectivity index (χ3n) is 4.95. The van der Waals surface area contributed by atoms with Crippen molar-refractivity contribution in [3.8, 4) is 5.75 Å². The summed E-state index contributed by atoms with van der Waals surface area (Å²) < 4.78 is 10.1. The molecular weight excluding hydrogens is 491 g/mol. The van der Waals surface area contributed by atoms with Gasteiger partial charge in [-0.2, -0.15) is 0 Å². The Kier molecular flexibility index (Phi) is 6.25. The molecule has 2 unspecified atom stereocenters. The molecule has 6 heteroatoms. The van der Waals surface area contributed by atoms with Gasteiger partial charge in [-0.05, 0) is 0 Å². The minimum atomic E-state index is -1.23. The molecule has 0 radical (unpaired) electrons. The number of hydrogen-bond acceptors (Lipinski definition) is 4. The van der Waals surface area contributed by atoms with Crippen molar-refractivity contribution in [2.45, 2.75) is 9.97 Å². The van der Waals surface area contributed by atoms with Crippen LogP contribution in [0, 0.1) is 0 Å². The van der Waals surface area contributed by atoms with Gasteiger partial charge in [0.25, 0.3) is 0 Å². The molecule has 3 N–H and O–H groups in total. The molecule has 0 aliphatic carbocycles. The molecule has 1 heterocycles. The van der Waals surface area contributed by atoms with Crippen LogP contribution in [0.1, 0.15) is 31.5 Å². The average molecular weight is 511 g/mol. The number of phenolic OH excluding ortho intramolecular Hbond substituents is 1. The van der Waals surface area contributed by atoms with Gasteiger partial charge >= 0.3 is 186 Å². The summed E-state index contributed by atoms with van der Waals surface area (Å²) in [6.07, 6.45) is 1.58. The number of aromatic hydroxyl groups is 1. The number of nitrogens with one attached hydrogen (secondary N) is 1. The predicted molar refractivity (Wildman–Crippen MR) is 111 cm³/mol. The SMILES string of the molecule is O=C(NC(c1ccccc1)C([I-]O)c1ccccc1)c1ccc2cccnc2c1O. The van der Waals surface area contributed by atoms with Crippen LogP contribution in [0.4, 0.5) is 0 Å². The number of fused-ring (bicyclic) bond motifs is 1. The number of hydrogen-bond donors (Lipinski definition) is 3. The Labute approximate surface area is 185 Å². The first-order valence-corrected chi connectivity index (χ1v) is 11.6. The normalized spacial score (nSPS) is 13.1. The van der Waals surface area contributed by atoms with E-state index in [2.05, 4.69) is 10.3 Å². The summed E-state index contributed by atoms with van der Waals surface area (Å²) in [4.78, 5) is 17.4. The van der Waals surface area contributed by atoms with Crippen molar-refractivity contribution in [2.24, 2.45) is 0 Å². The maximum atomic E-state index is 13.2. The van der Waals surface area contributed by atoms with Crippen molar-refractivity contribution in [3.05, 3.63) is 108 Å². The Bertz CT molecular complexity index is 1150. The Balaban J connectivity index is 1.72. The number of benzene rings is 3. The zero-order valence-corrected chi connectivity index (χ0v) is 18.1. The van der Waals surface area contributed by atoms with Gasteiger partial charge in [-0.25, -0.2) is 0 Å². The molecule has 4 rings (SSSR count). The van der Waals surface area contributed by atoms with E-state index < -0.39 is 33.6 Å². The second-order valence-electron chi connectivity index (χ2n) is 6.81. The summed E-state index contributed by atoms with van der Waals surface area (Å²) in [6.45, 7) is 0. The van der Waals surface area contributed by atoms with Crippen molar-refractivity contribution in [3.63, 3.8) is 0 Å². The van der Waals surface area contributed by atoms with Gasteiger partial charge in [0.15, 0.2) is 0 Å². The Morgan fingerprint density at radius 2 is 1.53 bits per heavy atom. The van der Waals surface area contributed by atoms with Crippen molar-refractivity contribution in [1.29, 1.82) is 0 Å². The number of carbonyl (C=O) groups is 1. The molecule has 0 saturated carbocycles. The topological polar surface area (TPSA) is 82.5 Å². The van der Waals surface area contributed by atoms with E-state index >= 15 is 0 Å². The van der Waals surface area contributed by atoms with Crippen LogP contribution < -0.4 is 26.9 Å². The van der Waals surface area contributed by atoms with Crippen LogP contribution >= 0.6 is 0 Å². The number of halogens is 1. The van der Waals surface area contributed by atoms with Gasteiger partial charge in [0, 0.05) is 0 Å². The third-order valence-corrected chi connectivity index (χ3v) is 6.99. The van der Waals surface area contributed by atoms with Crippen LogP contribution in [0.25, 0.3) is 10.9 Å². The molecule has 0 saturated heterocycles. The molecule has 4 aromatic rings. The van der Waals surface area contributed by atoms with E-state index in [1.54, 1.807) is 24.4 Å². The number of rotatable bonds is 6. The summed E-state index contributed by atoms with van der Waals surface area (Å²) in [7, 11) is 0. The number of phenols is 1. The van der Waals surface area contributed by atoms with E-state index in [9.17, 15) is 13.3 Å². The number of amides is 1. The Morgan fingerprint density at radius 1 is 0.867 bits per heavy atom. The van der Waals surface area contributed by atoms with E-state index in [1.807, 2.05) is 66.7 Å². The molecular formula is C24H20IN2O3-. The van der Waals surface area contributed by atoms with Crippen molar-refractivity contribution in [1.82, 2.24) is 10.3 Å². The summed E-state index contributed by atoms with van der Waals surface area (Å²) in [6, 6.07) is 25.8. The van der Waals surface area contributed by atoms with Gasteiger partial charge in [0.05, 0.1) is 0 Å². The van der Waals surface area contributed by atoms with E-state index in [4.69, 9.17) is 0 Å². The first-order valence-electron chi connectivity index (χ1n) is 9.43. The minimum absolute atomic E-state index is 0.146. The Morgan fingerprint density at radius 3 is 2.20 bits per heavy atom. The molecule has 0 fully saturated rings. The molecule has 152 valence electrons. The third kappa shape index (κ3) is 4.15. The average Bonchev–Trinajstić information content (AvgIpc) is 2.80. The van der Waals surface area contributed by atoms with E-state index in [1.165, 1.54) is 0 Å². The van der Waals surface area contributed by atoms with Gasteiger partial charge in [0.2, 0.25) is 0 Å². The number of carbonyl (C=O) groups excluding carboxylic acids is 1. The maximum absolute atomic E-state index is 13.2. The van der Waals surface area contributed by atoms with Crippen molar-refractivity contribution < 1.29 is 35.0 Å². The van der Waals surface area contributed by atoms with Gasteiger partial charge < -0.3 is 0 Å². The van der Waals surface area contributed by atoms with Gasteiger partial charge in [0.1, 0.15) is 0 Å². The zero-order chi connectivity index (χ0) is 20.9. The second kappa shape index (κ2) is 9.23. The van der Waals surface area contributed by atoms with E-state index in [0.717, 1.165) is 16.5 Å². The molecule has 1 aromatic heterocycles. The van der Waals surface area contributed by atoms with E-state index in [-0.39, 0.29) is 15.2 Å². The zero-order valence-electron chi connectivity index (χ0n) is 15.9. The predicted octanol–water partition coefficient (Wildman–Crippen LogP) is 1.15. The molecule has 0 aliphatic heterocycles. The standard InChI is InChI=1S/C24H20IN2O3/c28-23-19(14-13-18-12-7-15-26-22(18)23)24(29)27-21(17-10-5-2-6-11-17)20(25-30)16-8-3-1-4-9-16/h1-15,20-21,28,30H,(H,27,29)/q-1. The first kappa shape index (κ1) is 20.3. The second-order valence-corrected chi connectivity index (χ2v) is 8.71. The quantitative estimate of drug-likeness (QED) is 0.268. The monoisotopic (exact) mass is 511 g/mol. The van der Waals surface area contributed by atoms with Crippen molar-refractivity contribution >= 4 is 16.8 Å². The molecule has 2 atom stereocenters. The van der Waals surface area contributed by atoms with Crippen LogP contribution in [0.15, 0.2) is 91.1 Å². The number of alkyl halides is 1. The van der Waals surface area contributed by atoms with Crippen LogP contribution in [0.3, 0.4) is 0 Å². The van der Waals surface area contributed by atoms with Crippen LogP contribution in [0.5, 0.6) is 5.75 Å². The Hall–Kier alpha value is -2.97. The van der Waals surface area contributed by atoms with E-state index in [0.29, 0.717) is 5.52 Å². The molecule has 5 nitrogen and oxygen atoms in total. The molecule has 0 bridgehead atoms. The summed E-state index contributed by atoms with van der Waals surface area (Å²) in [5.74, 6) is -0.556. The molecule has 1 amide bonds. The summed E-state index contributed by atoms with van der Waals surface area (Å²) >= 11 is -1.23. The molecule has 3 aromatic carbocycles. The molecule has 0 aliphatic rings. The number of nitrogens with zero attached hydrogens (tertiary/aromatic N) is 1. The van der Waals surface area contributed by atoms with Crippen LogP contribution in [-0.2, 0) is 0 Å². The fourth-order valence-corrected chi connectivity index (χ4v) is 5.11. The number of pyridine rings is 1. The van der Waals surface area contributed by atoms with Gasteiger partial charge in [-0.3, -0.25) is 0 Å². The fourth-order valence-electron chi connectivity index (χ4n) is 3.46. The number of aromatic nitrogens is 1. The summed E-state index contributed by atoms with van der Waals surface area (Å²) in [5.41, 5.74) is 2.40. The first-order chi connectivity index (χ1) is 14.7.